The number of halogens is 1. The summed E-state index contributed by atoms with van der Waals surface area (Å²) in [7, 11) is 0. The molecule has 0 bridgehead atoms. The van der Waals surface area contributed by atoms with Gasteiger partial charge in [0.25, 0.3) is 0 Å². The smallest absolute Gasteiger partial charge is 0.184 e. The van der Waals surface area contributed by atoms with E-state index in [9.17, 15) is 10.1 Å². The number of aromatic nitrogens is 1. The Hall–Kier alpha value is -2.18. The van der Waals surface area contributed by atoms with Gasteiger partial charge >= 0.3 is 0 Å². The van der Waals surface area contributed by atoms with Crippen LogP contribution in [0, 0.1) is 18.3 Å². The van der Waals surface area contributed by atoms with Crippen molar-refractivity contribution in [3.05, 3.63) is 64.4 Å². The second-order valence-corrected chi connectivity index (χ2v) is 4.61. The van der Waals surface area contributed by atoms with Crippen LogP contribution in [0.4, 0.5) is 0 Å². The Morgan fingerprint density at radius 1 is 1.42 bits per heavy atom. The number of carbonyl (C=O) groups excluding carboxylic acids is 1. The monoisotopic (exact) mass is 270 g/mol. The number of rotatable bonds is 3. The summed E-state index contributed by atoms with van der Waals surface area (Å²) >= 11 is 5.91. The van der Waals surface area contributed by atoms with Crippen LogP contribution in [0.1, 0.15) is 27.4 Å². The minimum atomic E-state index is -0.856. The first-order valence-corrected chi connectivity index (χ1v) is 6.11. The molecule has 0 fully saturated rings. The zero-order chi connectivity index (χ0) is 13.8. The SMILES string of the molecule is Cc1ccc(Cl)cc1C(=O)C(C#N)c1cccnc1. The molecule has 1 aromatic carbocycles. The van der Waals surface area contributed by atoms with E-state index in [-0.39, 0.29) is 5.78 Å². The average Bonchev–Trinajstić information content (AvgIpc) is 2.43. The van der Waals surface area contributed by atoms with Gasteiger partial charge in [0.05, 0.1) is 6.07 Å². The first kappa shape index (κ1) is 13.3. The standard InChI is InChI=1S/C15H11ClN2O/c1-10-4-5-12(16)7-13(10)15(19)14(8-17)11-3-2-6-18-9-11/h2-7,9,14H,1H3. The van der Waals surface area contributed by atoms with E-state index in [4.69, 9.17) is 11.6 Å². The topological polar surface area (TPSA) is 53.8 Å². The van der Waals surface area contributed by atoms with Crippen molar-refractivity contribution >= 4 is 17.4 Å². The molecule has 2 aromatic rings. The van der Waals surface area contributed by atoms with Crippen LogP contribution < -0.4 is 0 Å². The maximum absolute atomic E-state index is 12.4. The van der Waals surface area contributed by atoms with E-state index in [1.807, 2.05) is 13.0 Å². The molecule has 1 aromatic heterocycles. The quantitative estimate of drug-likeness (QED) is 0.802. The molecular weight excluding hydrogens is 260 g/mol. The van der Waals surface area contributed by atoms with Gasteiger partial charge in [0.2, 0.25) is 0 Å². The number of nitriles is 1. The van der Waals surface area contributed by atoms with Crippen molar-refractivity contribution < 1.29 is 4.79 Å². The Morgan fingerprint density at radius 3 is 2.84 bits per heavy atom. The highest BCUT2D eigenvalue weighted by molar-refractivity contribution is 6.31. The third-order valence-corrected chi connectivity index (χ3v) is 3.11. The lowest BCUT2D eigenvalue weighted by Gasteiger charge is -2.10. The summed E-state index contributed by atoms with van der Waals surface area (Å²) in [5.41, 5.74) is 1.87. The fourth-order valence-corrected chi connectivity index (χ4v) is 2.02. The Kier molecular flexibility index (Phi) is 3.94. The number of Topliss-reactive ketones (excluding diaryl/α,β-unsaturated/α-hetero) is 1. The van der Waals surface area contributed by atoms with Crippen molar-refractivity contribution in [3.63, 3.8) is 0 Å². The van der Waals surface area contributed by atoms with Gasteiger partial charge in [-0.15, -0.1) is 0 Å². The molecule has 0 amide bonds. The van der Waals surface area contributed by atoms with E-state index in [1.54, 1.807) is 36.5 Å². The lowest BCUT2D eigenvalue weighted by Crippen LogP contribution is -2.12. The number of hydrogen-bond donors (Lipinski definition) is 0. The molecule has 0 aliphatic rings. The number of hydrogen-bond acceptors (Lipinski definition) is 3. The van der Waals surface area contributed by atoms with Crippen molar-refractivity contribution in [2.75, 3.05) is 0 Å². The molecule has 3 nitrogen and oxygen atoms in total. The van der Waals surface area contributed by atoms with E-state index >= 15 is 0 Å². The predicted octanol–water partition coefficient (Wildman–Crippen LogP) is 3.53. The summed E-state index contributed by atoms with van der Waals surface area (Å²) in [5, 5.41) is 9.72. The lowest BCUT2D eigenvalue weighted by atomic mass is 9.91. The highest BCUT2D eigenvalue weighted by Gasteiger charge is 2.23. The first-order chi connectivity index (χ1) is 9.13. The number of nitrogens with zero attached hydrogens (tertiary/aromatic N) is 2. The molecule has 94 valence electrons. The summed E-state index contributed by atoms with van der Waals surface area (Å²) < 4.78 is 0. The van der Waals surface area contributed by atoms with Crippen molar-refractivity contribution in [3.8, 4) is 6.07 Å². The minimum absolute atomic E-state index is 0.254. The van der Waals surface area contributed by atoms with E-state index in [0.29, 0.717) is 16.1 Å². The molecule has 1 heterocycles. The average molecular weight is 271 g/mol. The molecule has 1 unspecified atom stereocenters. The van der Waals surface area contributed by atoms with Crippen LogP contribution in [0.15, 0.2) is 42.7 Å². The molecule has 1 atom stereocenters. The molecule has 0 N–H and O–H groups in total. The predicted molar refractivity (Wildman–Crippen MR) is 73.1 cm³/mol. The largest absolute Gasteiger partial charge is 0.292 e. The fourth-order valence-electron chi connectivity index (χ4n) is 1.85. The van der Waals surface area contributed by atoms with Crippen molar-refractivity contribution in [1.82, 2.24) is 4.98 Å². The Morgan fingerprint density at radius 2 is 2.21 bits per heavy atom. The summed E-state index contributed by atoms with van der Waals surface area (Å²) in [6.07, 6.45) is 3.14. The van der Waals surface area contributed by atoms with Crippen LogP contribution in [-0.4, -0.2) is 10.8 Å². The number of aryl methyl sites for hydroxylation is 1. The van der Waals surface area contributed by atoms with Gasteiger partial charge in [-0.1, -0.05) is 23.7 Å². The van der Waals surface area contributed by atoms with Gasteiger partial charge in [-0.05, 0) is 36.2 Å². The number of pyridine rings is 1. The highest BCUT2D eigenvalue weighted by Crippen LogP contribution is 2.23. The molecule has 0 saturated heterocycles. The van der Waals surface area contributed by atoms with Crippen molar-refractivity contribution in [2.24, 2.45) is 0 Å². The molecule has 0 aliphatic heterocycles. The molecule has 0 spiro atoms. The van der Waals surface area contributed by atoms with Gasteiger partial charge in [-0.3, -0.25) is 9.78 Å². The van der Waals surface area contributed by atoms with Crippen LogP contribution in [0.25, 0.3) is 0 Å². The van der Waals surface area contributed by atoms with E-state index in [0.717, 1.165) is 5.56 Å². The molecule has 0 radical (unpaired) electrons. The molecule has 4 heteroatoms. The second kappa shape index (κ2) is 5.64. The van der Waals surface area contributed by atoms with Gasteiger partial charge in [0, 0.05) is 23.0 Å². The van der Waals surface area contributed by atoms with Crippen LogP contribution in [0.2, 0.25) is 5.02 Å². The number of ketones is 1. The van der Waals surface area contributed by atoms with E-state index in [1.165, 1.54) is 6.20 Å². The third kappa shape index (κ3) is 2.81. The third-order valence-electron chi connectivity index (χ3n) is 2.87. The van der Waals surface area contributed by atoms with Gasteiger partial charge in [-0.2, -0.15) is 5.26 Å². The van der Waals surface area contributed by atoms with E-state index < -0.39 is 5.92 Å². The minimum Gasteiger partial charge on any atom is -0.292 e. The summed E-state index contributed by atoms with van der Waals surface area (Å²) in [4.78, 5) is 16.4. The zero-order valence-electron chi connectivity index (χ0n) is 10.3. The van der Waals surface area contributed by atoms with Crippen LogP contribution in [0.5, 0.6) is 0 Å². The molecular formula is C15H11ClN2O. The second-order valence-electron chi connectivity index (χ2n) is 4.17. The van der Waals surface area contributed by atoms with Crippen molar-refractivity contribution in [1.29, 1.82) is 5.26 Å². The van der Waals surface area contributed by atoms with Gasteiger partial charge in [0.15, 0.2) is 5.78 Å². The zero-order valence-corrected chi connectivity index (χ0v) is 11.1. The Balaban J connectivity index is 2.43. The van der Waals surface area contributed by atoms with Gasteiger partial charge < -0.3 is 0 Å². The van der Waals surface area contributed by atoms with E-state index in [2.05, 4.69) is 4.98 Å². The fraction of sp³-hybridized carbons (Fsp3) is 0.133. The Bertz CT molecular complexity index is 647. The molecule has 0 saturated carbocycles. The van der Waals surface area contributed by atoms with Crippen LogP contribution >= 0.6 is 11.6 Å². The summed E-state index contributed by atoms with van der Waals surface area (Å²) in [6, 6.07) is 10.5. The summed E-state index contributed by atoms with van der Waals surface area (Å²) in [6.45, 7) is 1.82. The maximum atomic E-state index is 12.4. The molecule has 0 aliphatic carbocycles. The van der Waals surface area contributed by atoms with Gasteiger partial charge in [-0.25, -0.2) is 0 Å². The van der Waals surface area contributed by atoms with Crippen LogP contribution in [0.3, 0.4) is 0 Å². The number of benzene rings is 1. The first-order valence-electron chi connectivity index (χ1n) is 5.73. The number of carbonyl (C=O) groups is 1. The van der Waals surface area contributed by atoms with Crippen molar-refractivity contribution in [2.45, 2.75) is 12.8 Å². The molecule has 19 heavy (non-hydrogen) atoms. The maximum Gasteiger partial charge on any atom is 0.184 e. The lowest BCUT2D eigenvalue weighted by molar-refractivity contribution is 0.0978. The highest BCUT2D eigenvalue weighted by atomic mass is 35.5. The Labute approximate surface area is 116 Å². The summed E-state index contributed by atoms with van der Waals surface area (Å²) in [5.74, 6) is -1.11. The normalized spacial score (nSPS) is 11.6. The molecule has 2 rings (SSSR count). The van der Waals surface area contributed by atoms with Crippen LogP contribution in [-0.2, 0) is 0 Å². The van der Waals surface area contributed by atoms with Gasteiger partial charge in [0.1, 0.15) is 5.92 Å².